The highest BCUT2D eigenvalue weighted by Crippen LogP contribution is 2.01. The van der Waals surface area contributed by atoms with Gasteiger partial charge in [-0.05, 0) is 12.8 Å². The van der Waals surface area contributed by atoms with Gasteiger partial charge in [-0.1, -0.05) is 13.8 Å². The molecule has 0 saturated carbocycles. The van der Waals surface area contributed by atoms with Gasteiger partial charge in [-0.3, -0.25) is 4.79 Å². The lowest BCUT2D eigenvalue weighted by Crippen LogP contribution is -2.37. The maximum absolute atomic E-state index is 11.2. The topological polar surface area (TPSA) is 75.3 Å². The van der Waals surface area contributed by atoms with E-state index in [1.54, 1.807) is 6.92 Å². The maximum atomic E-state index is 11.2. The van der Waals surface area contributed by atoms with E-state index in [9.17, 15) is 4.79 Å². The highest BCUT2D eigenvalue weighted by molar-refractivity contribution is 5.76. The van der Waals surface area contributed by atoms with E-state index in [0.29, 0.717) is 18.9 Å². The van der Waals surface area contributed by atoms with Crippen molar-refractivity contribution in [2.45, 2.75) is 39.3 Å². The van der Waals surface area contributed by atoms with E-state index in [4.69, 9.17) is 10.8 Å². The molecule has 0 aromatic heterocycles. The summed E-state index contributed by atoms with van der Waals surface area (Å²) >= 11 is 0. The Hall–Kier alpha value is -0.610. The van der Waals surface area contributed by atoms with Crippen molar-refractivity contribution in [1.82, 2.24) is 5.32 Å². The van der Waals surface area contributed by atoms with Gasteiger partial charge in [-0.25, -0.2) is 0 Å². The van der Waals surface area contributed by atoms with Gasteiger partial charge in [-0.15, -0.1) is 0 Å². The van der Waals surface area contributed by atoms with E-state index < -0.39 is 6.10 Å². The fraction of sp³-hybridized carbons (Fsp3) is 0.889. The molecule has 0 heterocycles. The molecule has 0 rings (SSSR count). The molecule has 0 aliphatic heterocycles. The second-order valence-corrected chi connectivity index (χ2v) is 3.77. The quantitative estimate of drug-likeness (QED) is 0.562. The smallest absolute Gasteiger partial charge is 0.221 e. The zero-order valence-corrected chi connectivity index (χ0v) is 8.58. The number of carbonyl (C=O) groups excluding carboxylic acids is 1. The Labute approximate surface area is 79.5 Å². The molecule has 0 aliphatic rings. The predicted molar refractivity (Wildman–Crippen MR) is 52.1 cm³/mol. The van der Waals surface area contributed by atoms with Gasteiger partial charge in [0, 0.05) is 19.0 Å². The number of hydrogen-bond acceptors (Lipinski definition) is 3. The SMILES string of the molecule is CC(O)CNC(=O)CC(N)C(C)C. The summed E-state index contributed by atoms with van der Waals surface area (Å²) in [5.41, 5.74) is 5.70. The lowest BCUT2D eigenvalue weighted by molar-refractivity contribution is -0.122. The minimum Gasteiger partial charge on any atom is -0.392 e. The standard InChI is InChI=1S/C9H20N2O2/c1-6(2)8(10)4-9(13)11-5-7(3)12/h6-8,12H,4-5,10H2,1-3H3,(H,11,13). The van der Waals surface area contributed by atoms with Crippen LogP contribution in [0.25, 0.3) is 0 Å². The summed E-state index contributed by atoms with van der Waals surface area (Å²) in [5, 5.41) is 11.5. The molecule has 4 nitrogen and oxygen atoms in total. The number of carbonyl (C=O) groups is 1. The lowest BCUT2D eigenvalue weighted by atomic mass is 10.0. The highest BCUT2D eigenvalue weighted by Gasteiger charge is 2.12. The highest BCUT2D eigenvalue weighted by atomic mass is 16.3. The van der Waals surface area contributed by atoms with Crippen LogP contribution in [0, 0.1) is 5.92 Å². The molecule has 0 aromatic carbocycles. The number of nitrogens with one attached hydrogen (secondary N) is 1. The number of rotatable bonds is 5. The first-order valence-electron chi connectivity index (χ1n) is 4.63. The van der Waals surface area contributed by atoms with Gasteiger partial charge >= 0.3 is 0 Å². The van der Waals surface area contributed by atoms with Gasteiger partial charge in [0.05, 0.1) is 6.10 Å². The van der Waals surface area contributed by atoms with Gasteiger partial charge in [0.15, 0.2) is 0 Å². The number of aliphatic hydroxyl groups excluding tert-OH is 1. The van der Waals surface area contributed by atoms with E-state index in [2.05, 4.69) is 5.32 Å². The third-order valence-corrected chi connectivity index (χ3v) is 1.87. The van der Waals surface area contributed by atoms with Crippen molar-refractivity contribution in [2.24, 2.45) is 11.7 Å². The molecular weight excluding hydrogens is 168 g/mol. The van der Waals surface area contributed by atoms with Crippen molar-refractivity contribution in [2.75, 3.05) is 6.54 Å². The minimum absolute atomic E-state index is 0.0953. The van der Waals surface area contributed by atoms with Crippen LogP contribution >= 0.6 is 0 Å². The second kappa shape index (κ2) is 5.94. The molecule has 2 unspecified atom stereocenters. The first-order valence-corrected chi connectivity index (χ1v) is 4.63. The van der Waals surface area contributed by atoms with Crippen molar-refractivity contribution < 1.29 is 9.90 Å². The van der Waals surface area contributed by atoms with Crippen LogP contribution in [0.5, 0.6) is 0 Å². The van der Waals surface area contributed by atoms with Crippen molar-refractivity contribution in [3.8, 4) is 0 Å². The third kappa shape index (κ3) is 6.54. The Morgan fingerprint density at radius 2 is 2.00 bits per heavy atom. The van der Waals surface area contributed by atoms with Crippen molar-refractivity contribution in [3.05, 3.63) is 0 Å². The summed E-state index contributed by atoms with van der Waals surface area (Å²) in [6.45, 7) is 5.88. The minimum atomic E-state index is -0.501. The van der Waals surface area contributed by atoms with Gasteiger partial charge in [-0.2, -0.15) is 0 Å². The molecule has 0 aromatic rings. The summed E-state index contributed by atoms with van der Waals surface area (Å²) in [6.07, 6.45) is -0.177. The molecule has 4 N–H and O–H groups in total. The molecule has 0 bridgehead atoms. The summed E-state index contributed by atoms with van der Waals surface area (Å²) in [6, 6.07) is -0.103. The fourth-order valence-corrected chi connectivity index (χ4v) is 0.783. The number of hydrogen-bond donors (Lipinski definition) is 3. The monoisotopic (exact) mass is 188 g/mol. The van der Waals surface area contributed by atoms with Crippen LogP contribution in [0.15, 0.2) is 0 Å². The van der Waals surface area contributed by atoms with E-state index in [1.807, 2.05) is 13.8 Å². The molecule has 78 valence electrons. The average Bonchev–Trinajstić information content (AvgIpc) is 2.00. The number of nitrogens with two attached hydrogens (primary N) is 1. The van der Waals surface area contributed by atoms with E-state index in [0.717, 1.165) is 0 Å². The fourth-order valence-electron chi connectivity index (χ4n) is 0.783. The van der Waals surface area contributed by atoms with Crippen molar-refractivity contribution >= 4 is 5.91 Å². The van der Waals surface area contributed by atoms with Crippen LogP contribution in [-0.4, -0.2) is 29.7 Å². The first kappa shape index (κ1) is 12.4. The molecule has 13 heavy (non-hydrogen) atoms. The molecule has 0 spiro atoms. The van der Waals surface area contributed by atoms with Gasteiger partial charge in [0.25, 0.3) is 0 Å². The Balaban J connectivity index is 3.62. The number of amides is 1. The van der Waals surface area contributed by atoms with Gasteiger partial charge in [0.2, 0.25) is 5.91 Å². The number of aliphatic hydroxyl groups is 1. The predicted octanol–water partition coefficient (Wildman–Crippen LogP) is -0.143. The molecule has 1 amide bonds. The molecule has 0 aliphatic carbocycles. The summed E-state index contributed by atoms with van der Waals surface area (Å²) < 4.78 is 0. The lowest BCUT2D eigenvalue weighted by Gasteiger charge is -2.15. The molecule has 4 heteroatoms. The Kier molecular flexibility index (Phi) is 5.66. The normalized spacial score (nSPS) is 15.5. The second-order valence-electron chi connectivity index (χ2n) is 3.77. The Bertz CT molecular complexity index is 158. The molecule has 0 fully saturated rings. The summed E-state index contributed by atoms with van der Waals surface area (Å²) in [4.78, 5) is 11.2. The van der Waals surface area contributed by atoms with E-state index >= 15 is 0 Å². The molecule has 0 saturated heterocycles. The third-order valence-electron chi connectivity index (χ3n) is 1.87. The first-order chi connectivity index (χ1) is 5.93. The summed E-state index contributed by atoms with van der Waals surface area (Å²) in [5.74, 6) is 0.208. The summed E-state index contributed by atoms with van der Waals surface area (Å²) in [7, 11) is 0. The van der Waals surface area contributed by atoms with Gasteiger partial charge in [0.1, 0.15) is 0 Å². The largest absolute Gasteiger partial charge is 0.392 e. The van der Waals surface area contributed by atoms with Crippen LogP contribution in [0.3, 0.4) is 0 Å². The average molecular weight is 188 g/mol. The molecular formula is C9H20N2O2. The van der Waals surface area contributed by atoms with Gasteiger partial charge < -0.3 is 16.2 Å². The van der Waals surface area contributed by atoms with Crippen LogP contribution in [0.1, 0.15) is 27.2 Å². The van der Waals surface area contributed by atoms with Crippen LogP contribution in [0.2, 0.25) is 0 Å². The van der Waals surface area contributed by atoms with E-state index in [1.165, 1.54) is 0 Å². The van der Waals surface area contributed by atoms with E-state index in [-0.39, 0.29) is 11.9 Å². The zero-order valence-electron chi connectivity index (χ0n) is 8.58. The Morgan fingerprint density at radius 3 is 2.38 bits per heavy atom. The van der Waals surface area contributed by atoms with Crippen LogP contribution in [-0.2, 0) is 4.79 Å². The molecule has 0 radical (unpaired) electrons. The Morgan fingerprint density at radius 1 is 1.46 bits per heavy atom. The maximum Gasteiger partial charge on any atom is 0.221 e. The van der Waals surface area contributed by atoms with Crippen molar-refractivity contribution in [1.29, 1.82) is 0 Å². The van der Waals surface area contributed by atoms with Crippen LogP contribution < -0.4 is 11.1 Å². The molecule has 2 atom stereocenters. The zero-order chi connectivity index (χ0) is 10.4. The van der Waals surface area contributed by atoms with Crippen molar-refractivity contribution in [3.63, 3.8) is 0 Å². The van der Waals surface area contributed by atoms with Crippen LogP contribution in [0.4, 0.5) is 0 Å².